The van der Waals surface area contributed by atoms with Crippen molar-refractivity contribution >= 4 is 5.97 Å². The van der Waals surface area contributed by atoms with Gasteiger partial charge in [-0.25, -0.2) is 4.98 Å². The van der Waals surface area contributed by atoms with E-state index < -0.39 is 0 Å². The molecule has 0 fully saturated rings. The molecule has 0 N–H and O–H groups in total. The number of benzene rings is 2. The number of hydrogen-bond acceptors (Lipinski definition) is 4. The van der Waals surface area contributed by atoms with Crippen molar-refractivity contribution in [3.63, 3.8) is 0 Å². The van der Waals surface area contributed by atoms with Crippen LogP contribution in [0, 0.1) is 0 Å². The first-order chi connectivity index (χ1) is 13.2. The second-order valence-corrected chi connectivity index (χ2v) is 6.32. The molecule has 0 amide bonds. The van der Waals surface area contributed by atoms with Crippen LogP contribution in [0.2, 0.25) is 0 Å². The van der Waals surface area contributed by atoms with Gasteiger partial charge in [0.1, 0.15) is 6.61 Å². The zero-order chi connectivity index (χ0) is 19.1. The summed E-state index contributed by atoms with van der Waals surface area (Å²) in [6.07, 6.45) is 2.58. The average Bonchev–Trinajstić information content (AvgIpc) is 2.73. The fourth-order valence-corrected chi connectivity index (χ4v) is 2.66. The SMILES string of the molecule is CCc1ccc(C(C)C(=O)Oc2cccnc2OCc2ccccc2)cc1. The van der Waals surface area contributed by atoms with Gasteiger partial charge in [-0.1, -0.05) is 61.5 Å². The van der Waals surface area contributed by atoms with Gasteiger partial charge >= 0.3 is 5.97 Å². The number of ether oxygens (including phenoxy) is 2. The number of pyridine rings is 1. The highest BCUT2D eigenvalue weighted by atomic mass is 16.6. The fourth-order valence-electron chi connectivity index (χ4n) is 2.66. The normalized spacial score (nSPS) is 11.6. The lowest BCUT2D eigenvalue weighted by molar-refractivity contribution is -0.135. The molecular formula is C23H23NO3. The Bertz CT molecular complexity index is 876. The van der Waals surface area contributed by atoms with E-state index in [-0.39, 0.29) is 11.9 Å². The summed E-state index contributed by atoms with van der Waals surface area (Å²) in [5.74, 6) is -0.0754. The van der Waals surface area contributed by atoms with Crippen LogP contribution in [-0.2, 0) is 17.8 Å². The average molecular weight is 361 g/mol. The smallest absolute Gasteiger partial charge is 0.318 e. The third-order valence-corrected chi connectivity index (χ3v) is 4.41. The molecule has 0 aliphatic rings. The van der Waals surface area contributed by atoms with Crippen LogP contribution in [0.4, 0.5) is 0 Å². The first kappa shape index (κ1) is 18.6. The Morgan fingerprint density at radius 3 is 2.41 bits per heavy atom. The zero-order valence-corrected chi connectivity index (χ0v) is 15.6. The Balaban J connectivity index is 1.68. The minimum absolute atomic E-state index is 0.309. The van der Waals surface area contributed by atoms with Crippen molar-refractivity contribution < 1.29 is 14.3 Å². The van der Waals surface area contributed by atoms with Gasteiger partial charge in [0.15, 0.2) is 5.75 Å². The lowest BCUT2D eigenvalue weighted by Gasteiger charge is -2.14. The number of aromatic nitrogens is 1. The van der Waals surface area contributed by atoms with Gasteiger partial charge in [0.05, 0.1) is 5.92 Å². The van der Waals surface area contributed by atoms with Gasteiger partial charge in [0.2, 0.25) is 0 Å². The predicted molar refractivity (Wildman–Crippen MR) is 105 cm³/mol. The number of nitrogens with zero attached hydrogens (tertiary/aromatic N) is 1. The molecule has 0 aliphatic heterocycles. The van der Waals surface area contributed by atoms with Gasteiger partial charge in [-0.3, -0.25) is 4.79 Å². The second-order valence-electron chi connectivity index (χ2n) is 6.32. The van der Waals surface area contributed by atoms with Crippen molar-refractivity contribution in [2.45, 2.75) is 32.8 Å². The quantitative estimate of drug-likeness (QED) is 0.560. The van der Waals surface area contributed by atoms with E-state index in [1.54, 1.807) is 18.3 Å². The summed E-state index contributed by atoms with van der Waals surface area (Å²) >= 11 is 0. The molecule has 0 bridgehead atoms. The second kappa shape index (κ2) is 8.99. The maximum absolute atomic E-state index is 12.6. The molecule has 0 saturated heterocycles. The standard InChI is InChI=1S/C23H23NO3/c1-3-18-11-13-20(14-12-18)17(2)23(25)27-21-10-7-15-24-22(21)26-16-19-8-5-4-6-9-19/h4-15,17H,3,16H2,1-2H3. The van der Waals surface area contributed by atoms with Crippen LogP contribution in [0.5, 0.6) is 11.6 Å². The molecular weight excluding hydrogens is 338 g/mol. The number of aryl methyl sites for hydroxylation is 1. The van der Waals surface area contributed by atoms with E-state index >= 15 is 0 Å². The molecule has 1 atom stereocenters. The molecule has 3 aromatic rings. The van der Waals surface area contributed by atoms with E-state index in [0.717, 1.165) is 17.5 Å². The Morgan fingerprint density at radius 1 is 0.963 bits per heavy atom. The van der Waals surface area contributed by atoms with Crippen LogP contribution >= 0.6 is 0 Å². The van der Waals surface area contributed by atoms with Gasteiger partial charge in [0, 0.05) is 6.20 Å². The Kier molecular flexibility index (Phi) is 6.21. The predicted octanol–water partition coefficient (Wildman–Crippen LogP) is 4.93. The molecule has 1 unspecified atom stereocenters. The molecule has 2 aromatic carbocycles. The minimum Gasteiger partial charge on any atom is -0.470 e. The van der Waals surface area contributed by atoms with Crippen LogP contribution < -0.4 is 9.47 Å². The largest absolute Gasteiger partial charge is 0.470 e. The minimum atomic E-state index is -0.377. The zero-order valence-electron chi connectivity index (χ0n) is 15.6. The first-order valence-corrected chi connectivity index (χ1v) is 9.09. The summed E-state index contributed by atoms with van der Waals surface area (Å²) in [6, 6.07) is 21.2. The molecule has 0 saturated carbocycles. The number of carbonyl (C=O) groups excluding carboxylic acids is 1. The number of hydrogen-bond donors (Lipinski definition) is 0. The van der Waals surface area contributed by atoms with Gasteiger partial charge < -0.3 is 9.47 Å². The highest BCUT2D eigenvalue weighted by molar-refractivity contribution is 5.80. The Hall–Kier alpha value is -3.14. The molecule has 27 heavy (non-hydrogen) atoms. The summed E-state index contributed by atoms with van der Waals surface area (Å²) in [4.78, 5) is 16.8. The lowest BCUT2D eigenvalue weighted by atomic mass is 9.99. The van der Waals surface area contributed by atoms with Gasteiger partial charge in [0.25, 0.3) is 5.88 Å². The lowest BCUT2D eigenvalue weighted by Crippen LogP contribution is -2.17. The summed E-state index contributed by atoms with van der Waals surface area (Å²) in [5, 5.41) is 0. The third-order valence-electron chi connectivity index (χ3n) is 4.41. The molecule has 0 spiro atoms. The van der Waals surface area contributed by atoms with Crippen LogP contribution in [0.3, 0.4) is 0 Å². The van der Waals surface area contributed by atoms with Crippen LogP contribution in [-0.4, -0.2) is 11.0 Å². The van der Waals surface area contributed by atoms with Gasteiger partial charge in [-0.2, -0.15) is 0 Å². The van der Waals surface area contributed by atoms with Crippen molar-refractivity contribution in [2.75, 3.05) is 0 Å². The van der Waals surface area contributed by atoms with Crippen molar-refractivity contribution in [1.29, 1.82) is 0 Å². The maximum atomic E-state index is 12.6. The molecule has 138 valence electrons. The van der Waals surface area contributed by atoms with E-state index in [9.17, 15) is 4.79 Å². The summed E-state index contributed by atoms with van der Waals surface area (Å²) in [6.45, 7) is 4.30. The third kappa shape index (κ3) is 4.94. The number of rotatable bonds is 7. The number of carbonyl (C=O) groups is 1. The molecule has 4 nitrogen and oxygen atoms in total. The van der Waals surface area contributed by atoms with Crippen molar-refractivity contribution in [3.05, 3.63) is 89.6 Å². The highest BCUT2D eigenvalue weighted by Gasteiger charge is 2.20. The molecule has 0 aliphatic carbocycles. The molecule has 3 rings (SSSR count). The summed E-state index contributed by atoms with van der Waals surface area (Å²) in [7, 11) is 0. The van der Waals surface area contributed by atoms with E-state index in [2.05, 4.69) is 11.9 Å². The summed E-state index contributed by atoms with van der Waals surface area (Å²) < 4.78 is 11.3. The fraction of sp³-hybridized carbons (Fsp3) is 0.217. The molecule has 1 heterocycles. The van der Waals surface area contributed by atoms with E-state index in [1.165, 1.54) is 5.56 Å². The Morgan fingerprint density at radius 2 is 1.70 bits per heavy atom. The van der Waals surface area contributed by atoms with Crippen LogP contribution in [0.25, 0.3) is 0 Å². The van der Waals surface area contributed by atoms with Crippen LogP contribution in [0.15, 0.2) is 72.9 Å². The Labute approximate surface area is 159 Å². The van der Waals surface area contributed by atoms with E-state index in [0.29, 0.717) is 18.2 Å². The molecule has 1 aromatic heterocycles. The van der Waals surface area contributed by atoms with Gasteiger partial charge in [-0.15, -0.1) is 0 Å². The molecule has 4 heteroatoms. The monoisotopic (exact) mass is 361 g/mol. The van der Waals surface area contributed by atoms with Crippen molar-refractivity contribution in [2.24, 2.45) is 0 Å². The highest BCUT2D eigenvalue weighted by Crippen LogP contribution is 2.27. The first-order valence-electron chi connectivity index (χ1n) is 9.09. The van der Waals surface area contributed by atoms with Gasteiger partial charge in [-0.05, 0) is 42.2 Å². The maximum Gasteiger partial charge on any atom is 0.318 e. The van der Waals surface area contributed by atoms with E-state index in [4.69, 9.17) is 9.47 Å². The van der Waals surface area contributed by atoms with Crippen molar-refractivity contribution in [1.82, 2.24) is 4.98 Å². The van der Waals surface area contributed by atoms with Crippen LogP contribution in [0.1, 0.15) is 36.5 Å². The molecule has 0 radical (unpaired) electrons. The summed E-state index contributed by atoms with van der Waals surface area (Å²) in [5.41, 5.74) is 3.18. The topological polar surface area (TPSA) is 48.4 Å². The van der Waals surface area contributed by atoms with E-state index in [1.807, 2.05) is 61.5 Å². The number of esters is 1. The van der Waals surface area contributed by atoms with Crippen molar-refractivity contribution in [3.8, 4) is 11.6 Å².